The SMILES string of the molecule is O=C(CCCN1C(=O)C(=Cc2cccs2)SC1=S)NNC(=O)c1ccc([N+](=O)[O-])cc1. The number of hydrogen-bond acceptors (Lipinski definition) is 8. The van der Waals surface area contributed by atoms with Gasteiger partial charge in [0.25, 0.3) is 17.5 Å². The highest BCUT2D eigenvalue weighted by molar-refractivity contribution is 8.26. The largest absolute Gasteiger partial charge is 0.293 e. The number of hydrazine groups is 1. The molecule has 1 aliphatic heterocycles. The van der Waals surface area contributed by atoms with Gasteiger partial charge in [0.15, 0.2) is 0 Å². The van der Waals surface area contributed by atoms with E-state index in [9.17, 15) is 24.5 Å². The Bertz CT molecular complexity index is 1050. The van der Waals surface area contributed by atoms with E-state index in [1.165, 1.54) is 52.3 Å². The van der Waals surface area contributed by atoms with Crippen LogP contribution in [0.5, 0.6) is 0 Å². The fourth-order valence-electron chi connectivity index (χ4n) is 2.59. The Balaban J connectivity index is 1.42. The summed E-state index contributed by atoms with van der Waals surface area (Å²) in [6.07, 6.45) is 2.23. The summed E-state index contributed by atoms with van der Waals surface area (Å²) in [4.78, 5) is 49.5. The standard InChI is InChI=1S/C19H16N4O5S3/c24-16(20-21-17(25)12-5-7-13(8-6-12)23(27)28)4-1-9-22-18(26)15(31-19(22)29)11-14-3-2-10-30-14/h2-3,5-8,10-11H,1,4,9H2,(H,20,24)(H,21,25). The monoisotopic (exact) mass is 476 g/mol. The van der Waals surface area contributed by atoms with Crippen LogP contribution in [-0.4, -0.2) is 38.4 Å². The van der Waals surface area contributed by atoms with Crippen molar-refractivity contribution in [3.05, 3.63) is 67.2 Å². The first-order valence-electron chi connectivity index (χ1n) is 8.97. The van der Waals surface area contributed by atoms with Crippen molar-refractivity contribution in [2.45, 2.75) is 12.8 Å². The maximum atomic E-state index is 12.5. The van der Waals surface area contributed by atoms with Gasteiger partial charge in [0.1, 0.15) is 4.32 Å². The summed E-state index contributed by atoms with van der Waals surface area (Å²) < 4.78 is 0.444. The number of nitro benzene ring substituents is 1. The molecule has 1 saturated heterocycles. The van der Waals surface area contributed by atoms with Crippen molar-refractivity contribution in [3.63, 3.8) is 0 Å². The molecule has 2 N–H and O–H groups in total. The summed E-state index contributed by atoms with van der Waals surface area (Å²) in [5.74, 6) is -1.22. The van der Waals surface area contributed by atoms with E-state index in [-0.39, 0.29) is 30.1 Å². The van der Waals surface area contributed by atoms with Crippen LogP contribution in [0, 0.1) is 10.1 Å². The van der Waals surface area contributed by atoms with Gasteiger partial charge in [0, 0.05) is 35.5 Å². The number of hydrogen-bond donors (Lipinski definition) is 2. The van der Waals surface area contributed by atoms with Crippen LogP contribution in [0.15, 0.2) is 46.7 Å². The Kier molecular flexibility index (Phi) is 7.50. The van der Waals surface area contributed by atoms with E-state index in [0.29, 0.717) is 15.6 Å². The molecule has 0 atom stereocenters. The van der Waals surface area contributed by atoms with Crippen LogP contribution in [0.25, 0.3) is 6.08 Å². The molecular weight excluding hydrogens is 460 g/mol. The molecule has 1 aliphatic rings. The Morgan fingerprint density at radius 1 is 1.19 bits per heavy atom. The Labute approximate surface area is 190 Å². The lowest BCUT2D eigenvalue weighted by molar-refractivity contribution is -0.384. The van der Waals surface area contributed by atoms with Gasteiger partial charge in [-0.25, -0.2) is 0 Å². The van der Waals surface area contributed by atoms with Crippen LogP contribution in [0.1, 0.15) is 28.1 Å². The second-order valence-corrected chi connectivity index (χ2v) is 8.91. The van der Waals surface area contributed by atoms with Gasteiger partial charge < -0.3 is 0 Å². The minimum absolute atomic E-state index is 0.0710. The van der Waals surface area contributed by atoms with Crippen LogP contribution in [0.4, 0.5) is 5.69 Å². The van der Waals surface area contributed by atoms with Crippen molar-refractivity contribution in [1.29, 1.82) is 0 Å². The van der Waals surface area contributed by atoms with Crippen LogP contribution >= 0.6 is 35.3 Å². The molecule has 0 unspecified atom stereocenters. The van der Waals surface area contributed by atoms with E-state index < -0.39 is 16.7 Å². The number of thioether (sulfide) groups is 1. The van der Waals surface area contributed by atoms with E-state index in [1.54, 1.807) is 6.08 Å². The van der Waals surface area contributed by atoms with Crippen LogP contribution in [0.2, 0.25) is 0 Å². The number of carbonyl (C=O) groups is 3. The molecule has 1 aromatic carbocycles. The second kappa shape index (κ2) is 10.3. The molecule has 160 valence electrons. The molecule has 31 heavy (non-hydrogen) atoms. The average molecular weight is 477 g/mol. The molecular formula is C19H16N4O5S3. The number of thiocarbonyl (C=S) groups is 1. The van der Waals surface area contributed by atoms with Gasteiger partial charge in [-0.15, -0.1) is 11.3 Å². The smallest absolute Gasteiger partial charge is 0.269 e. The minimum Gasteiger partial charge on any atom is -0.293 e. The Morgan fingerprint density at radius 2 is 1.94 bits per heavy atom. The molecule has 3 rings (SSSR count). The Morgan fingerprint density at radius 3 is 2.58 bits per heavy atom. The van der Waals surface area contributed by atoms with Gasteiger partial charge in [0.2, 0.25) is 5.91 Å². The summed E-state index contributed by atoms with van der Waals surface area (Å²) in [5, 5.41) is 12.6. The predicted molar refractivity (Wildman–Crippen MR) is 122 cm³/mol. The van der Waals surface area contributed by atoms with E-state index in [4.69, 9.17) is 12.2 Å². The number of benzene rings is 1. The number of amides is 3. The molecule has 9 nitrogen and oxygen atoms in total. The highest BCUT2D eigenvalue weighted by atomic mass is 32.2. The predicted octanol–water partition coefficient (Wildman–Crippen LogP) is 3.10. The fourth-order valence-corrected chi connectivity index (χ4v) is 4.62. The summed E-state index contributed by atoms with van der Waals surface area (Å²) in [6, 6.07) is 8.79. The molecule has 12 heteroatoms. The number of nitrogens with zero attached hydrogens (tertiary/aromatic N) is 2. The maximum Gasteiger partial charge on any atom is 0.269 e. The first-order chi connectivity index (χ1) is 14.8. The molecule has 3 amide bonds. The van der Waals surface area contributed by atoms with E-state index in [1.807, 2.05) is 17.5 Å². The normalized spacial score (nSPS) is 14.7. The third-order valence-electron chi connectivity index (χ3n) is 4.13. The first kappa shape index (κ1) is 22.6. The third-order valence-corrected chi connectivity index (χ3v) is 6.33. The van der Waals surface area contributed by atoms with Crippen molar-refractivity contribution in [1.82, 2.24) is 15.8 Å². The highest BCUT2D eigenvalue weighted by Crippen LogP contribution is 2.33. The van der Waals surface area contributed by atoms with Crippen molar-refractivity contribution in [2.24, 2.45) is 0 Å². The first-order valence-corrected chi connectivity index (χ1v) is 11.1. The number of carbonyl (C=O) groups excluding carboxylic acids is 3. The maximum absolute atomic E-state index is 12.5. The molecule has 0 radical (unpaired) electrons. The second-order valence-electron chi connectivity index (χ2n) is 6.26. The summed E-state index contributed by atoms with van der Waals surface area (Å²) >= 11 is 8.02. The lowest BCUT2D eigenvalue weighted by Crippen LogP contribution is -2.41. The van der Waals surface area contributed by atoms with Crippen molar-refractivity contribution in [2.75, 3.05) is 6.54 Å². The highest BCUT2D eigenvalue weighted by Gasteiger charge is 2.31. The molecule has 0 saturated carbocycles. The molecule has 1 aromatic heterocycles. The number of thiophene rings is 1. The van der Waals surface area contributed by atoms with Crippen molar-refractivity contribution in [3.8, 4) is 0 Å². The molecule has 1 fully saturated rings. The number of rotatable bonds is 7. The molecule has 0 aliphatic carbocycles. The number of nitrogens with one attached hydrogen (secondary N) is 2. The number of non-ortho nitro benzene ring substituents is 1. The summed E-state index contributed by atoms with van der Waals surface area (Å²) in [7, 11) is 0. The molecule has 0 bridgehead atoms. The minimum atomic E-state index is -0.598. The van der Waals surface area contributed by atoms with E-state index in [2.05, 4.69) is 10.9 Å². The van der Waals surface area contributed by atoms with Crippen LogP contribution < -0.4 is 10.9 Å². The quantitative estimate of drug-likeness (QED) is 0.273. The zero-order valence-corrected chi connectivity index (χ0v) is 18.4. The fraction of sp³-hybridized carbons (Fsp3) is 0.158. The lowest BCUT2D eigenvalue weighted by Gasteiger charge is -2.14. The summed E-state index contributed by atoms with van der Waals surface area (Å²) in [6.45, 7) is 0.288. The van der Waals surface area contributed by atoms with Gasteiger partial charge in [-0.1, -0.05) is 30.0 Å². The topological polar surface area (TPSA) is 122 Å². The molecule has 2 aromatic rings. The van der Waals surface area contributed by atoms with Crippen LogP contribution in [-0.2, 0) is 9.59 Å². The zero-order valence-electron chi connectivity index (χ0n) is 15.9. The average Bonchev–Trinajstić information content (AvgIpc) is 3.35. The molecule has 2 heterocycles. The Hall–Kier alpha value is -3.09. The van der Waals surface area contributed by atoms with Crippen LogP contribution in [0.3, 0.4) is 0 Å². The van der Waals surface area contributed by atoms with Crippen molar-refractivity contribution >= 4 is 69.1 Å². The number of nitro groups is 1. The van der Waals surface area contributed by atoms with Gasteiger partial charge in [-0.2, -0.15) is 0 Å². The van der Waals surface area contributed by atoms with Gasteiger partial charge in [-0.3, -0.25) is 40.2 Å². The molecule has 0 spiro atoms. The van der Waals surface area contributed by atoms with E-state index in [0.717, 1.165) is 4.88 Å². The van der Waals surface area contributed by atoms with Crippen molar-refractivity contribution < 1.29 is 19.3 Å². The summed E-state index contributed by atoms with van der Waals surface area (Å²) in [5.41, 5.74) is 4.56. The van der Waals surface area contributed by atoms with Gasteiger partial charge in [-0.05, 0) is 36.1 Å². The lowest BCUT2D eigenvalue weighted by atomic mass is 10.2. The van der Waals surface area contributed by atoms with Gasteiger partial charge >= 0.3 is 0 Å². The third kappa shape index (κ3) is 5.96. The van der Waals surface area contributed by atoms with E-state index >= 15 is 0 Å². The van der Waals surface area contributed by atoms with Gasteiger partial charge in [0.05, 0.1) is 9.83 Å². The zero-order chi connectivity index (χ0) is 22.4.